The van der Waals surface area contributed by atoms with E-state index in [2.05, 4.69) is 4.98 Å². The largest absolute Gasteiger partial charge is 0.478 e. The Labute approximate surface area is 97.3 Å². The molecule has 16 heavy (non-hydrogen) atoms. The van der Waals surface area contributed by atoms with Gasteiger partial charge < -0.3 is 5.11 Å². The van der Waals surface area contributed by atoms with Crippen LogP contribution in [0.4, 0.5) is 0 Å². The minimum Gasteiger partial charge on any atom is -0.478 e. The fraction of sp³-hybridized carbons (Fsp3) is 0. The van der Waals surface area contributed by atoms with E-state index in [0.29, 0.717) is 16.3 Å². The number of carboxylic acids is 1. The molecule has 4 heteroatoms. The Hall–Kier alpha value is -1.87. The number of carboxylic acid groups (broad SMARTS) is 1. The van der Waals surface area contributed by atoms with Crippen molar-refractivity contribution in [2.45, 2.75) is 0 Å². The molecule has 0 fully saturated rings. The Morgan fingerprint density at radius 3 is 2.69 bits per heavy atom. The highest BCUT2D eigenvalue weighted by Gasteiger charge is 2.12. The molecule has 0 amide bonds. The summed E-state index contributed by atoms with van der Waals surface area (Å²) in [7, 11) is 0. The molecule has 0 spiro atoms. The van der Waals surface area contributed by atoms with E-state index in [-0.39, 0.29) is 5.56 Å². The van der Waals surface area contributed by atoms with E-state index < -0.39 is 5.97 Å². The highest BCUT2D eigenvalue weighted by Crippen LogP contribution is 2.25. The van der Waals surface area contributed by atoms with Gasteiger partial charge in [0, 0.05) is 16.8 Å². The van der Waals surface area contributed by atoms with Crippen LogP contribution in [0.5, 0.6) is 0 Å². The van der Waals surface area contributed by atoms with Gasteiger partial charge in [-0.3, -0.25) is 4.98 Å². The van der Waals surface area contributed by atoms with Gasteiger partial charge in [0.1, 0.15) is 0 Å². The minimum absolute atomic E-state index is 0.197. The van der Waals surface area contributed by atoms with Crippen molar-refractivity contribution in [3.8, 4) is 11.3 Å². The number of rotatable bonds is 2. The summed E-state index contributed by atoms with van der Waals surface area (Å²) in [5.74, 6) is -0.989. The highest BCUT2D eigenvalue weighted by atomic mass is 35.5. The van der Waals surface area contributed by atoms with Crippen molar-refractivity contribution in [1.82, 2.24) is 4.98 Å². The highest BCUT2D eigenvalue weighted by molar-refractivity contribution is 6.31. The van der Waals surface area contributed by atoms with Gasteiger partial charge in [-0.15, -0.1) is 0 Å². The fourth-order valence-corrected chi connectivity index (χ4v) is 1.61. The molecule has 3 nitrogen and oxygen atoms in total. The van der Waals surface area contributed by atoms with Crippen LogP contribution in [0, 0.1) is 0 Å². The summed E-state index contributed by atoms with van der Waals surface area (Å²) in [4.78, 5) is 15.1. The molecule has 0 atom stereocenters. The average Bonchev–Trinajstić information content (AvgIpc) is 2.29. The second kappa shape index (κ2) is 4.33. The summed E-state index contributed by atoms with van der Waals surface area (Å²) in [6.45, 7) is 0. The number of carbonyl (C=O) groups is 1. The first-order chi connectivity index (χ1) is 7.68. The zero-order chi connectivity index (χ0) is 11.5. The third-order valence-corrected chi connectivity index (χ3v) is 2.39. The molecular formula is C12H8ClNO2. The number of nitrogens with zero attached hydrogens (tertiary/aromatic N) is 1. The molecule has 2 rings (SSSR count). The van der Waals surface area contributed by atoms with E-state index in [1.165, 1.54) is 6.07 Å². The third-order valence-electron chi connectivity index (χ3n) is 2.15. The number of benzene rings is 1. The summed E-state index contributed by atoms with van der Waals surface area (Å²) in [5, 5.41) is 9.54. The third kappa shape index (κ3) is 2.04. The van der Waals surface area contributed by atoms with Crippen molar-refractivity contribution in [2.75, 3.05) is 0 Å². The maximum absolute atomic E-state index is 11.0. The van der Waals surface area contributed by atoms with Gasteiger partial charge in [0.05, 0.1) is 11.3 Å². The molecule has 1 N–H and O–H groups in total. The molecular weight excluding hydrogens is 226 g/mol. The number of pyridine rings is 1. The summed E-state index contributed by atoms with van der Waals surface area (Å²) < 4.78 is 0. The van der Waals surface area contributed by atoms with Gasteiger partial charge >= 0.3 is 5.97 Å². The van der Waals surface area contributed by atoms with Crippen LogP contribution < -0.4 is 0 Å². The maximum Gasteiger partial charge on any atom is 0.336 e. The second-order valence-electron chi connectivity index (χ2n) is 3.21. The lowest BCUT2D eigenvalue weighted by molar-refractivity contribution is 0.0697. The van der Waals surface area contributed by atoms with E-state index in [1.807, 2.05) is 0 Å². The van der Waals surface area contributed by atoms with Gasteiger partial charge in [-0.1, -0.05) is 17.7 Å². The zero-order valence-corrected chi connectivity index (χ0v) is 8.98. The van der Waals surface area contributed by atoms with E-state index in [4.69, 9.17) is 16.7 Å². The van der Waals surface area contributed by atoms with E-state index in [0.717, 1.165) is 0 Å². The molecule has 0 aliphatic heterocycles. The molecule has 1 heterocycles. The van der Waals surface area contributed by atoms with Crippen molar-refractivity contribution in [1.29, 1.82) is 0 Å². The van der Waals surface area contributed by atoms with Gasteiger partial charge in [0.25, 0.3) is 0 Å². The van der Waals surface area contributed by atoms with Crippen LogP contribution in [-0.2, 0) is 0 Å². The van der Waals surface area contributed by atoms with Crippen molar-refractivity contribution >= 4 is 17.6 Å². The predicted molar refractivity (Wildman–Crippen MR) is 61.6 cm³/mol. The topological polar surface area (TPSA) is 50.2 Å². The van der Waals surface area contributed by atoms with Crippen molar-refractivity contribution < 1.29 is 9.90 Å². The maximum atomic E-state index is 11.0. The molecule has 0 aliphatic rings. The number of hydrogen-bond acceptors (Lipinski definition) is 2. The first-order valence-electron chi connectivity index (χ1n) is 4.63. The van der Waals surface area contributed by atoms with Crippen LogP contribution in [-0.4, -0.2) is 16.1 Å². The summed E-state index contributed by atoms with van der Waals surface area (Å²) >= 11 is 5.85. The Kier molecular flexibility index (Phi) is 2.88. The van der Waals surface area contributed by atoms with Crippen LogP contribution in [0.15, 0.2) is 42.6 Å². The van der Waals surface area contributed by atoms with Crippen LogP contribution in [0.25, 0.3) is 11.3 Å². The van der Waals surface area contributed by atoms with Crippen LogP contribution in [0.2, 0.25) is 5.02 Å². The SMILES string of the molecule is O=C(O)c1ccc(Cl)cc1-c1ccccn1. The fourth-order valence-electron chi connectivity index (χ4n) is 1.44. The van der Waals surface area contributed by atoms with E-state index in [9.17, 15) is 4.79 Å². The lowest BCUT2D eigenvalue weighted by Crippen LogP contribution is -2.00. The lowest BCUT2D eigenvalue weighted by atomic mass is 10.0. The first-order valence-corrected chi connectivity index (χ1v) is 5.00. The number of aromatic carboxylic acids is 1. The Balaban J connectivity index is 2.63. The van der Waals surface area contributed by atoms with Gasteiger partial charge in [0.15, 0.2) is 0 Å². The Bertz CT molecular complexity index is 526. The molecule has 0 aliphatic carbocycles. The first kappa shape index (κ1) is 10.6. The van der Waals surface area contributed by atoms with Gasteiger partial charge in [-0.2, -0.15) is 0 Å². The molecule has 0 radical (unpaired) electrons. The summed E-state index contributed by atoms with van der Waals surface area (Å²) in [6, 6.07) is 9.96. The number of hydrogen-bond donors (Lipinski definition) is 1. The molecule has 0 unspecified atom stereocenters. The molecule has 0 saturated heterocycles. The van der Waals surface area contributed by atoms with Crippen molar-refractivity contribution in [2.24, 2.45) is 0 Å². The van der Waals surface area contributed by atoms with Gasteiger partial charge in [0.2, 0.25) is 0 Å². The van der Waals surface area contributed by atoms with Gasteiger partial charge in [-0.05, 0) is 30.3 Å². The Morgan fingerprint density at radius 1 is 1.25 bits per heavy atom. The van der Waals surface area contributed by atoms with Crippen LogP contribution in [0.1, 0.15) is 10.4 Å². The molecule has 80 valence electrons. The van der Waals surface area contributed by atoms with Crippen LogP contribution in [0.3, 0.4) is 0 Å². The standard InChI is InChI=1S/C12H8ClNO2/c13-8-4-5-9(12(15)16)10(7-8)11-3-1-2-6-14-11/h1-7H,(H,15,16). The summed E-state index contributed by atoms with van der Waals surface area (Å²) in [6.07, 6.45) is 1.61. The quantitative estimate of drug-likeness (QED) is 0.867. The molecule has 2 aromatic rings. The molecule has 1 aromatic carbocycles. The van der Waals surface area contributed by atoms with Crippen molar-refractivity contribution in [3.05, 3.63) is 53.2 Å². The zero-order valence-electron chi connectivity index (χ0n) is 8.22. The number of aromatic nitrogens is 1. The molecule has 1 aromatic heterocycles. The van der Waals surface area contributed by atoms with E-state index >= 15 is 0 Å². The number of halogens is 1. The lowest BCUT2D eigenvalue weighted by Gasteiger charge is -2.05. The smallest absolute Gasteiger partial charge is 0.336 e. The second-order valence-corrected chi connectivity index (χ2v) is 3.65. The van der Waals surface area contributed by atoms with E-state index in [1.54, 1.807) is 36.5 Å². The predicted octanol–water partition coefficient (Wildman–Crippen LogP) is 3.10. The average molecular weight is 234 g/mol. The van der Waals surface area contributed by atoms with Gasteiger partial charge in [-0.25, -0.2) is 4.79 Å². The monoisotopic (exact) mass is 233 g/mol. The normalized spacial score (nSPS) is 10.1. The molecule has 0 saturated carbocycles. The van der Waals surface area contributed by atoms with Crippen LogP contribution >= 0.6 is 11.6 Å². The van der Waals surface area contributed by atoms with Crippen molar-refractivity contribution in [3.63, 3.8) is 0 Å². The Morgan fingerprint density at radius 2 is 2.06 bits per heavy atom. The summed E-state index contributed by atoms with van der Waals surface area (Å²) in [5.41, 5.74) is 1.33. The molecule has 0 bridgehead atoms. The minimum atomic E-state index is -0.989.